The number of ether oxygens (including phenoxy) is 5. The number of amides is 1. The SMILES string of the molecule is COc1cc2c(c(OC)c1OC)C1=CC=C(O[C@@H]3CCOC3)[C@@H](O)C=C1[C@@H](NC(C)=O)CC2. The third kappa shape index (κ3) is 4.58. The van der Waals surface area contributed by atoms with Gasteiger partial charge in [0, 0.05) is 18.9 Å². The molecule has 0 radical (unpaired) electrons. The first-order valence-electron chi connectivity index (χ1n) is 11.1. The van der Waals surface area contributed by atoms with E-state index < -0.39 is 6.10 Å². The fraction of sp³-hybridized carbons (Fsp3) is 0.480. The summed E-state index contributed by atoms with van der Waals surface area (Å²) < 4.78 is 28.5. The summed E-state index contributed by atoms with van der Waals surface area (Å²) in [4.78, 5) is 12.0. The Kier molecular flexibility index (Phi) is 6.95. The second-order valence-electron chi connectivity index (χ2n) is 8.29. The molecule has 178 valence electrons. The Morgan fingerprint density at radius 2 is 1.91 bits per heavy atom. The highest BCUT2D eigenvalue weighted by Gasteiger charge is 2.33. The molecular weight excluding hydrogens is 426 g/mol. The van der Waals surface area contributed by atoms with Gasteiger partial charge in [0.05, 0.1) is 40.6 Å². The van der Waals surface area contributed by atoms with E-state index in [-0.39, 0.29) is 18.1 Å². The Labute approximate surface area is 193 Å². The van der Waals surface area contributed by atoms with Crippen LogP contribution in [0.4, 0.5) is 0 Å². The topological polar surface area (TPSA) is 95.5 Å². The van der Waals surface area contributed by atoms with Crippen LogP contribution in [0.25, 0.3) is 5.57 Å². The number of carbonyl (C=O) groups excluding carboxylic acids is 1. The number of aryl methyl sites for hydroxylation is 1. The van der Waals surface area contributed by atoms with Gasteiger partial charge < -0.3 is 34.1 Å². The molecule has 3 aliphatic rings. The molecule has 1 fully saturated rings. The van der Waals surface area contributed by atoms with E-state index in [1.165, 1.54) is 6.92 Å². The minimum atomic E-state index is -0.960. The number of fused-ring (bicyclic) bond motifs is 3. The lowest BCUT2D eigenvalue weighted by Crippen LogP contribution is -2.35. The van der Waals surface area contributed by atoms with Gasteiger partial charge in [-0.15, -0.1) is 0 Å². The smallest absolute Gasteiger partial charge is 0.217 e. The summed E-state index contributed by atoms with van der Waals surface area (Å²) in [5.41, 5.74) is 3.49. The van der Waals surface area contributed by atoms with Crippen LogP contribution in [0.1, 0.15) is 30.9 Å². The van der Waals surface area contributed by atoms with Crippen molar-refractivity contribution in [1.82, 2.24) is 5.32 Å². The van der Waals surface area contributed by atoms with E-state index >= 15 is 0 Å². The highest BCUT2D eigenvalue weighted by Crippen LogP contribution is 2.49. The largest absolute Gasteiger partial charge is 0.493 e. The molecule has 0 spiro atoms. The van der Waals surface area contributed by atoms with Gasteiger partial charge in [0.25, 0.3) is 0 Å². The van der Waals surface area contributed by atoms with Gasteiger partial charge in [-0.05, 0) is 47.8 Å². The van der Waals surface area contributed by atoms with Gasteiger partial charge >= 0.3 is 0 Å². The molecule has 1 aromatic carbocycles. The Morgan fingerprint density at radius 1 is 1.12 bits per heavy atom. The number of hydrogen-bond donors (Lipinski definition) is 2. The summed E-state index contributed by atoms with van der Waals surface area (Å²) in [6.45, 7) is 2.64. The molecule has 1 amide bonds. The number of aliphatic hydroxyl groups excluding tert-OH is 1. The molecule has 0 bridgehead atoms. The summed E-state index contributed by atoms with van der Waals surface area (Å²) >= 11 is 0. The molecule has 1 aromatic rings. The van der Waals surface area contributed by atoms with Crippen molar-refractivity contribution < 1.29 is 33.6 Å². The first-order valence-corrected chi connectivity index (χ1v) is 11.1. The average Bonchev–Trinajstić information content (AvgIpc) is 3.21. The predicted octanol–water partition coefficient (Wildman–Crippen LogP) is 2.54. The molecule has 3 atom stereocenters. The van der Waals surface area contributed by atoms with Crippen molar-refractivity contribution in [3.8, 4) is 17.2 Å². The van der Waals surface area contributed by atoms with Crippen LogP contribution in [0.3, 0.4) is 0 Å². The van der Waals surface area contributed by atoms with Gasteiger partial charge in [-0.3, -0.25) is 4.79 Å². The van der Waals surface area contributed by atoms with Crippen molar-refractivity contribution in [3.05, 3.63) is 46.8 Å². The van der Waals surface area contributed by atoms with E-state index in [0.717, 1.165) is 28.7 Å². The molecule has 0 unspecified atom stereocenters. The molecule has 2 aliphatic carbocycles. The second kappa shape index (κ2) is 9.89. The maximum Gasteiger partial charge on any atom is 0.217 e. The number of rotatable bonds is 6. The van der Waals surface area contributed by atoms with Crippen LogP contribution in [0.2, 0.25) is 0 Å². The molecule has 0 aromatic heterocycles. The van der Waals surface area contributed by atoms with Crippen LogP contribution in [0.5, 0.6) is 17.2 Å². The van der Waals surface area contributed by atoms with E-state index in [9.17, 15) is 9.90 Å². The molecule has 1 heterocycles. The van der Waals surface area contributed by atoms with Crippen LogP contribution in [0.15, 0.2) is 35.6 Å². The van der Waals surface area contributed by atoms with E-state index in [1.54, 1.807) is 33.5 Å². The van der Waals surface area contributed by atoms with Crippen LogP contribution in [-0.2, 0) is 20.7 Å². The molecule has 0 saturated carbocycles. The van der Waals surface area contributed by atoms with Crippen molar-refractivity contribution in [2.75, 3.05) is 34.5 Å². The number of hydrogen-bond acceptors (Lipinski definition) is 7. The van der Waals surface area contributed by atoms with Crippen LogP contribution < -0.4 is 19.5 Å². The van der Waals surface area contributed by atoms with Crippen LogP contribution in [-0.4, -0.2) is 63.8 Å². The van der Waals surface area contributed by atoms with Crippen LogP contribution >= 0.6 is 0 Å². The van der Waals surface area contributed by atoms with E-state index in [1.807, 2.05) is 12.1 Å². The Morgan fingerprint density at radius 3 is 2.55 bits per heavy atom. The Balaban J connectivity index is 1.88. The van der Waals surface area contributed by atoms with E-state index in [2.05, 4.69) is 5.32 Å². The fourth-order valence-corrected chi connectivity index (χ4v) is 4.69. The lowest BCUT2D eigenvalue weighted by Gasteiger charge is -2.23. The standard InChI is InChI=1S/C25H31NO7/c1-14(27)26-19-7-5-15-11-22(29-2)24(30-3)25(31-4)23(15)17-6-8-21(20(28)12-18(17)19)33-16-9-10-32-13-16/h6,8,11-12,16,19-20,28H,5,7,9-10,13H2,1-4H3,(H,26,27)/t16-,19+,20+/m1/s1. The number of nitrogens with one attached hydrogen (secondary N) is 1. The lowest BCUT2D eigenvalue weighted by atomic mass is 9.91. The summed E-state index contributed by atoms with van der Waals surface area (Å²) in [6.07, 6.45) is 6.51. The number of methoxy groups -OCH3 is 3. The molecule has 2 N–H and O–H groups in total. The summed E-state index contributed by atoms with van der Waals surface area (Å²) in [6, 6.07) is 1.66. The zero-order chi connectivity index (χ0) is 23.5. The molecular formula is C25H31NO7. The highest BCUT2D eigenvalue weighted by atomic mass is 16.6. The second-order valence-corrected chi connectivity index (χ2v) is 8.29. The Bertz CT molecular complexity index is 1000. The number of benzene rings is 1. The number of carbonyl (C=O) groups is 1. The first kappa shape index (κ1) is 23.2. The third-order valence-corrected chi connectivity index (χ3v) is 6.18. The van der Waals surface area contributed by atoms with Gasteiger partial charge in [-0.1, -0.05) is 6.08 Å². The maximum atomic E-state index is 12.0. The Hall–Kier alpha value is -2.97. The quantitative estimate of drug-likeness (QED) is 0.678. The first-order chi connectivity index (χ1) is 16.0. The molecule has 8 nitrogen and oxygen atoms in total. The normalized spacial score (nSPS) is 24.2. The van der Waals surface area contributed by atoms with E-state index in [4.69, 9.17) is 23.7 Å². The maximum absolute atomic E-state index is 12.0. The molecule has 8 heteroatoms. The van der Waals surface area contributed by atoms with E-state index in [0.29, 0.717) is 49.1 Å². The van der Waals surface area contributed by atoms with Crippen molar-refractivity contribution in [3.63, 3.8) is 0 Å². The van der Waals surface area contributed by atoms with Crippen LogP contribution in [0, 0.1) is 0 Å². The number of aliphatic hydroxyl groups is 1. The zero-order valence-electron chi connectivity index (χ0n) is 19.5. The van der Waals surface area contributed by atoms with Gasteiger partial charge in [-0.25, -0.2) is 0 Å². The minimum Gasteiger partial charge on any atom is -0.493 e. The summed E-state index contributed by atoms with van der Waals surface area (Å²) in [5.74, 6) is 1.92. The minimum absolute atomic E-state index is 0.0945. The lowest BCUT2D eigenvalue weighted by molar-refractivity contribution is -0.119. The molecule has 1 aliphatic heterocycles. The monoisotopic (exact) mass is 457 g/mol. The fourth-order valence-electron chi connectivity index (χ4n) is 4.69. The van der Waals surface area contributed by atoms with Crippen molar-refractivity contribution in [2.45, 2.75) is 44.4 Å². The van der Waals surface area contributed by atoms with Crippen molar-refractivity contribution in [1.29, 1.82) is 0 Å². The van der Waals surface area contributed by atoms with Gasteiger partial charge in [-0.2, -0.15) is 0 Å². The van der Waals surface area contributed by atoms with Gasteiger partial charge in [0.1, 0.15) is 18.0 Å². The highest BCUT2D eigenvalue weighted by molar-refractivity contribution is 5.90. The summed E-state index contributed by atoms with van der Waals surface area (Å²) in [7, 11) is 4.75. The van der Waals surface area contributed by atoms with Gasteiger partial charge in [0.2, 0.25) is 11.7 Å². The predicted molar refractivity (Wildman–Crippen MR) is 122 cm³/mol. The van der Waals surface area contributed by atoms with Gasteiger partial charge in [0.15, 0.2) is 11.5 Å². The van der Waals surface area contributed by atoms with Crippen molar-refractivity contribution in [2.24, 2.45) is 0 Å². The average molecular weight is 458 g/mol. The molecule has 1 saturated heterocycles. The third-order valence-electron chi connectivity index (χ3n) is 6.18. The van der Waals surface area contributed by atoms with Crippen molar-refractivity contribution >= 4 is 11.5 Å². The number of allylic oxidation sites excluding steroid dienone is 2. The summed E-state index contributed by atoms with van der Waals surface area (Å²) in [5, 5.41) is 14.1. The molecule has 4 rings (SSSR count). The molecule has 33 heavy (non-hydrogen) atoms. The zero-order valence-corrected chi connectivity index (χ0v) is 19.5.